The van der Waals surface area contributed by atoms with Crippen LogP contribution in [0.15, 0.2) is 35.4 Å². The van der Waals surface area contributed by atoms with E-state index in [1.807, 2.05) is 12.1 Å². The minimum absolute atomic E-state index is 0.112. The average molecular weight is 359 g/mol. The number of benzene rings is 1. The maximum Gasteiger partial charge on any atom is 0.276 e. The minimum atomic E-state index is -0.244. The van der Waals surface area contributed by atoms with E-state index in [0.29, 0.717) is 29.5 Å². The molecule has 1 N–H and O–H groups in total. The maximum absolute atomic E-state index is 12.5. The van der Waals surface area contributed by atoms with Gasteiger partial charge in [0.25, 0.3) is 5.56 Å². The van der Waals surface area contributed by atoms with Crippen molar-refractivity contribution in [3.63, 3.8) is 0 Å². The van der Waals surface area contributed by atoms with Gasteiger partial charge in [-0.05, 0) is 38.1 Å². The molecule has 2 heterocycles. The third-order valence-corrected chi connectivity index (χ3v) is 4.55. The zero-order chi connectivity index (χ0) is 18.4. The van der Waals surface area contributed by atoms with Gasteiger partial charge in [-0.15, -0.1) is 0 Å². The average Bonchev–Trinajstić information content (AvgIpc) is 3.17. The number of likely N-dealkylation sites (tertiary alicyclic amines) is 1. The molecule has 3 rings (SSSR count). The smallest absolute Gasteiger partial charge is 0.276 e. The highest BCUT2D eigenvalue weighted by atomic mass is 16.5. The van der Waals surface area contributed by atoms with E-state index in [-0.39, 0.29) is 18.6 Å². The van der Waals surface area contributed by atoms with Gasteiger partial charge in [0.2, 0.25) is 0 Å². The summed E-state index contributed by atoms with van der Waals surface area (Å²) in [5, 5.41) is 9.06. The van der Waals surface area contributed by atoms with Gasteiger partial charge < -0.3 is 14.6 Å². The summed E-state index contributed by atoms with van der Waals surface area (Å²) >= 11 is 0. The van der Waals surface area contributed by atoms with Crippen molar-refractivity contribution in [2.45, 2.75) is 19.3 Å². The summed E-state index contributed by atoms with van der Waals surface area (Å²) in [4.78, 5) is 18.9. The van der Waals surface area contributed by atoms with Gasteiger partial charge in [0, 0.05) is 38.0 Å². The Morgan fingerprint density at radius 2 is 2.04 bits per heavy atom. The van der Waals surface area contributed by atoms with Crippen molar-refractivity contribution in [1.82, 2.24) is 14.5 Å². The van der Waals surface area contributed by atoms with Crippen LogP contribution in [0, 0.1) is 0 Å². The second kappa shape index (κ2) is 8.82. The molecule has 0 amide bonds. The molecule has 0 aliphatic carbocycles. The van der Waals surface area contributed by atoms with Crippen molar-refractivity contribution < 1.29 is 14.6 Å². The Bertz CT molecular complexity index is 785. The molecule has 0 radical (unpaired) electrons. The zero-order valence-electron chi connectivity index (χ0n) is 15.1. The third kappa shape index (κ3) is 4.23. The van der Waals surface area contributed by atoms with Gasteiger partial charge in [0.05, 0.1) is 12.8 Å². The highest BCUT2D eigenvalue weighted by molar-refractivity contribution is 5.49. The van der Waals surface area contributed by atoms with Gasteiger partial charge >= 0.3 is 0 Å². The summed E-state index contributed by atoms with van der Waals surface area (Å²) < 4.78 is 12.8. The molecule has 7 nitrogen and oxygen atoms in total. The fourth-order valence-electron chi connectivity index (χ4n) is 3.15. The van der Waals surface area contributed by atoms with Gasteiger partial charge in [-0.1, -0.05) is 0 Å². The van der Waals surface area contributed by atoms with E-state index in [2.05, 4.69) is 9.88 Å². The predicted molar refractivity (Wildman–Crippen MR) is 98.3 cm³/mol. The molecule has 1 aromatic heterocycles. The molecule has 0 atom stereocenters. The number of rotatable bonds is 8. The summed E-state index contributed by atoms with van der Waals surface area (Å²) in [5.74, 6) is 1.24. The van der Waals surface area contributed by atoms with E-state index in [1.54, 1.807) is 25.6 Å². The first kappa shape index (κ1) is 18.4. The Hall–Kier alpha value is -2.38. The largest absolute Gasteiger partial charge is 0.493 e. The third-order valence-electron chi connectivity index (χ3n) is 4.55. The van der Waals surface area contributed by atoms with Crippen LogP contribution in [0.1, 0.15) is 18.5 Å². The van der Waals surface area contributed by atoms with Crippen molar-refractivity contribution in [3.8, 4) is 17.2 Å². The molecule has 7 heteroatoms. The highest BCUT2D eigenvalue weighted by Crippen LogP contribution is 2.29. The number of aliphatic hydroxyl groups is 1. The van der Waals surface area contributed by atoms with Crippen LogP contribution in [-0.4, -0.2) is 59.5 Å². The Labute approximate surface area is 152 Å². The summed E-state index contributed by atoms with van der Waals surface area (Å²) in [6.07, 6.45) is 5.91. The van der Waals surface area contributed by atoms with Crippen molar-refractivity contribution in [1.29, 1.82) is 0 Å². The van der Waals surface area contributed by atoms with Crippen LogP contribution < -0.4 is 15.0 Å². The first-order valence-electron chi connectivity index (χ1n) is 8.94. The number of methoxy groups -OCH3 is 1. The lowest BCUT2D eigenvalue weighted by molar-refractivity contribution is 0.230. The fraction of sp³-hybridized carbons (Fsp3) is 0.474. The van der Waals surface area contributed by atoms with E-state index in [0.717, 1.165) is 19.6 Å². The maximum atomic E-state index is 12.5. The van der Waals surface area contributed by atoms with Gasteiger partial charge in [-0.2, -0.15) is 0 Å². The molecule has 140 valence electrons. The van der Waals surface area contributed by atoms with E-state index in [4.69, 9.17) is 14.6 Å². The van der Waals surface area contributed by atoms with E-state index in [9.17, 15) is 4.79 Å². The van der Waals surface area contributed by atoms with Crippen LogP contribution in [0.2, 0.25) is 0 Å². The molecule has 1 fully saturated rings. The number of nitrogens with zero attached hydrogens (tertiary/aromatic N) is 3. The molecule has 0 unspecified atom stereocenters. The lowest BCUT2D eigenvalue weighted by Gasteiger charge is -2.17. The summed E-state index contributed by atoms with van der Waals surface area (Å²) in [5.41, 5.74) is 0.756. The van der Waals surface area contributed by atoms with Crippen LogP contribution in [0.25, 0.3) is 5.69 Å². The van der Waals surface area contributed by atoms with Crippen LogP contribution in [0.3, 0.4) is 0 Å². The standard InChI is InChI=1S/C19H25N3O4/c1-25-18-14-15(22-10-7-20-16(6-12-23)19(22)24)4-5-17(18)26-13-11-21-8-2-3-9-21/h4-5,7,10,14,23H,2-3,6,8-9,11-13H2,1H3. The number of ether oxygens (including phenoxy) is 2. The van der Waals surface area contributed by atoms with Crippen LogP contribution in [-0.2, 0) is 6.42 Å². The second-order valence-electron chi connectivity index (χ2n) is 6.26. The molecule has 1 saturated heterocycles. The number of hydrogen-bond acceptors (Lipinski definition) is 6. The monoisotopic (exact) mass is 359 g/mol. The molecule has 0 saturated carbocycles. The van der Waals surface area contributed by atoms with E-state index >= 15 is 0 Å². The van der Waals surface area contributed by atoms with Crippen molar-refractivity contribution in [3.05, 3.63) is 46.6 Å². The summed E-state index contributed by atoms with van der Waals surface area (Å²) in [6.45, 7) is 3.67. The minimum Gasteiger partial charge on any atom is -0.493 e. The van der Waals surface area contributed by atoms with Gasteiger partial charge in [-0.25, -0.2) is 0 Å². The SMILES string of the molecule is COc1cc(-n2ccnc(CCO)c2=O)ccc1OCCN1CCCC1. The lowest BCUT2D eigenvalue weighted by atomic mass is 10.2. The Morgan fingerprint density at radius 3 is 2.77 bits per heavy atom. The molecule has 1 aliphatic rings. The molecular formula is C19H25N3O4. The van der Waals surface area contributed by atoms with Crippen LogP contribution in [0.4, 0.5) is 0 Å². The number of hydrogen-bond donors (Lipinski definition) is 1. The van der Waals surface area contributed by atoms with Gasteiger partial charge in [0.1, 0.15) is 12.3 Å². The van der Waals surface area contributed by atoms with Crippen LogP contribution in [0.5, 0.6) is 11.5 Å². The summed E-state index contributed by atoms with van der Waals surface area (Å²) in [7, 11) is 1.58. The molecule has 26 heavy (non-hydrogen) atoms. The first-order chi connectivity index (χ1) is 12.7. The number of aromatic nitrogens is 2. The fourth-order valence-corrected chi connectivity index (χ4v) is 3.15. The first-order valence-corrected chi connectivity index (χ1v) is 8.94. The highest BCUT2D eigenvalue weighted by Gasteiger charge is 2.13. The Morgan fingerprint density at radius 1 is 1.23 bits per heavy atom. The second-order valence-corrected chi connectivity index (χ2v) is 6.26. The number of aliphatic hydroxyl groups excluding tert-OH is 1. The molecule has 0 spiro atoms. The zero-order valence-corrected chi connectivity index (χ0v) is 15.1. The van der Waals surface area contributed by atoms with Gasteiger partial charge in [0.15, 0.2) is 11.5 Å². The van der Waals surface area contributed by atoms with Crippen molar-refractivity contribution >= 4 is 0 Å². The van der Waals surface area contributed by atoms with Gasteiger partial charge in [-0.3, -0.25) is 19.2 Å². The van der Waals surface area contributed by atoms with E-state index in [1.165, 1.54) is 17.4 Å². The van der Waals surface area contributed by atoms with Crippen molar-refractivity contribution in [2.75, 3.05) is 40.0 Å². The Balaban J connectivity index is 1.76. The molecule has 1 aromatic carbocycles. The molecule has 1 aliphatic heterocycles. The molecular weight excluding hydrogens is 334 g/mol. The molecule has 2 aromatic rings. The van der Waals surface area contributed by atoms with Crippen LogP contribution >= 0.6 is 0 Å². The Kier molecular flexibility index (Phi) is 6.25. The predicted octanol–water partition coefficient (Wildman–Crippen LogP) is 1.25. The molecule has 0 bridgehead atoms. The lowest BCUT2D eigenvalue weighted by Crippen LogP contribution is -2.25. The normalized spacial score (nSPS) is 14.5. The topological polar surface area (TPSA) is 76.8 Å². The van der Waals surface area contributed by atoms with Crippen molar-refractivity contribution in [2.24, 2.45) is 0 Å². The quantitative estimate of drug-likeness (QED) is 0.764. The van der Waals surface area contributed by atoms with E-state index < -0.39 is 0 Å². The summed E-state index contributed by atoms with van der Waals surface area (Å²) in [6, 6.07) is 5.41.